The highest BCUT2D eigenvalue weighted by atomic mass is 19.1. The number of nitrogens with one attached hydrogen (secondary N) is 1. The van der Waals surface area contributed by atoms with Gasteiger partial charge in [-0.2, -0.15) is 4.68 Å². The molecule has 0 spiro atoms. The van der Waals surface area contributed by atoms with Gasteiger partial charge < -0.3 is 4.90 Å². The summed E-state index contributed by atoms with van der Waals surface area (Å²) in [6, 6.07) is 11.4. The normalized spacial score (nSPS) is 15.0. The van der Waals surface area contributed by atoms with Crippen LogP contribution in [0, 0.1) is 11.6 Å². The molecule has 2 heterocycles. The number of hydrogen-bond acceptors (Lipinski definition) is 3. The van der Waals surface area contributed by atoms with Crippen LogP contribution in [0.4, 0.5) is 8.78 Å². The van der Waals surface area contributed by atoms with Crippen LogP contribution in [-0.4, -0.2) is 38.7 Å². The van der Waals surface area contributed by atoms with Gasteiger partial charge in [0.05, 0.1) is 11.3 Å². The van der Waals surface area contributed by atoms with E-state index in [4.69, 9.17) is 0 Å². The number of H-pyrrole nitrogens is 1. The van der Waals surface area contributed by atoms with Gasteiger partial charge in [0.2, 0.25) is 0 Å². The second-order valence-electron chi connectivity index (χ2n) is 6.75. The number of aromatic nitrogens is 3. The monoisotopic (exact) mass is 384 g/mol. The second kappa shape index (κ2) is 7.38. The van der Waals surface area contributed by atoms with Gasteiger partial charge in [0.25, 0.3) is 5.91 Å². The van der Waals surface area contributed by atoms with Gasteiger partial charge in [-0.1, -0.05) is 12.1 Å². The van der Waals surface area contributed by atoms with Crippen LogP contribution in [0.5, 0.6) is 0 Å². The van der Waals surface area contributed by atoms with Crippen molar-refractivity contribution in [2.75, 3.05) is 13.1 Å². The number of aromatic amines is 1. The van der Waals surface area contributed by atoms with Crippen molar-refractivity contribution in [3.05, 3.63) is 82.0 Å². The molecule has 1 amide bonds. The number of nitrogens with zero attached hydrogens (tertiary/aromatic N) is 3. The van der Waals surface area contributed by atoms with Gasteiger partial charge in [-0.05, 0) is 49.2 Å². The van der Waals surface area contributed by atoms with Crippen LogP contribution in [0.25, 0.3) is 5.69 Å². The third kappa shape index (κ3) is 3.45. The molecule has 1 aliphatic rings. The molecule has 0 atom stereocenters. The van der Waals surface area contributed by atoms with Crippen molar-refractivity contribution < 1.29 is 13.6 Å². The quantitative estimate of drug-likeness (QED) is 0.755. The lowest BCUT2D eigenvalue weighted by atomic mass is 9.95. The molecule has 0 aliphatic carbocycles. The Morgan fingerprint density at radius 3 is 2.39 bits per heavy atom. The maximum atomic E-state index is 13.8. The smallest absolute Gasteiger partial charge is 0.339 e. The third-order valence-corrected chi connectivity index (χ3v) is 4.98. The summed E-state index contributed by atoms with van der Waals surface area (Å²) in [5, 5.41) is 4.34. The van der Waals surface area contributed by atoms with Crippen molar-refractivity contribution in [1.29, 1.82) is 0 Å². The van der Waals surface area contributed by atoms with Crippen molar-refractivity contribution in [3.63, 3.8) is 0 Å². The van der Waals surface area contributed by atoms with Crippen LogP contribution < -0.4 is 5.69 Å². The summed E-state index contributed by atoms with van der Waals surface area (Å²) in [5.41, 5.74) is 0.141. The maximum absolute atomic E-state index is 13.8. The lowest BCUT2D eigenvalue weighted by Crippen LogP contribution is -2.38. The van der Waals surface area contributed by atoms with Gasteiger partial charge in [0.15, 0.2) is 0 Å². The first-order chi connectivity index (χ1) is 13.5. The van der Waals surface area contributed by atoms with Gasteiger partial charge in [0.1, 0.15) is 17.5 Å². The SMILES string of the molecule is O=C(c1ccccc1F)N1CCC(c2nn(-c3ccc(F)cc3)c(=O)[nH]2)CC1. The molecular formula is C20H18F2N4O2. The molecule has 2 aromatic carbocycles. The van der Waals surface area contributed by atoms with Crippen molar-refractivity contribution in [2.45, 2.75) is 18.8 Å². The standard InChI is InChI=1S/C20H18F2N4O2/c21-14-5-7-15(8-6-14)26-20(28)23-18(24-26)13-9-11-25(12-10-13)19(27)16-3-1-2-4-17(16)22/h1-8,13H,9-12H2,(H,23,24,28). The molecule has 1 N–H and O–H groups in total. The fourth-order valence-corrected chi connectivity index (χ4v) is 3.44. The van der Waals surface area contributed by atoms with Crippen molar-refractivity contribution >= 4 is 5.91 Å². The average molecular weight is 384 g/mol. The zero-order valence-corrected chi connectivity index (χ0v) is 14.9. The summed E-state index contributed by atoms with van der Waals surface area (Å²) in [4.78, 5) is 29.1. The van der Waals surface area contributed by atoms with Gasteiger partial charge in [0, 0.05) is 19.0 Å². The average Bonchev–Trinajstić information content (AvgIpc) is 3.10. The minimum absolute atomic E-state index is 0.0148. The number of hydrogen-bond donors (Lipinski definition) is 1. The molecule has 6 nitrogen and oxygen atoms in total. The summed E-state index contributed by atoms with van der Waals surface area (Å²) in [5.74, 6) is -0.732. The zero-order valence-electron chi connectivity index (χ0n) is 14.9. The molecule has 0 saturated carbocycles. The van der Waals surface area contributed by atoms with E-state index >= 15 is 0 Å². The largest absolute Gasteiger partial charge is 0.348 e. The summed E-state index contributed by atoms with van der Waals surface area (Å²) in [6.45, 7) is 0.895. The second-order valence-corrected chi connectivity index (χ2v) is 6.75. The van der Waals surface area contributed by atoms with Crippen LogP contribution in [-0.2, 0) is 0 Å². The van der Waals surface area contributed by atoms with Gasteiger partial charge >= 0.3 is 5.69 Å². The van der Waals surface area contributed by atoms with E-state index in [0.717, 1.165) is 0 Å². The van der Waals surface area contributed by atoms with Crippen LogP contribution in [0.15, 0.2) is 53.3 Å². The minimum atomic E-state index is -0.531. The van der Waals surface area contributed by atoms with Gasteiger partial charge in [-0.25, -0.2) is 13.6 Å². The van der Waals surface area contributed by atoms with E-state index in [-0.39, 0.29) is 23.2 Å². The van der Waals surface area contributed by atoms with Crippen LogP contribution in [0.1, 0.15) is 34.9 Å². The Hall–Kier alpha value is -3.29. The molecule has 0 bridgehead atoms. The molecule has 1 aromatic heterocycles. The number of halogens is 2. The Labute approximate surface area is 159 Å². The Morgan fingerprint density at radius 2 is 1.71 bits per heavy atom. The molecular weight excluding hydrogens is 366 g/mol. The molecule has 1 fully saturated rings. The van der Waals surface area contributed by atoms with Crippen LogP contribution in [0.2, 0.25) is 0 Å². The van der Waals surface area contributed by atoms with Crippen molar-refractivity contribution in [1.82, 2.24) is 19.7 Å². The first kappa shape index (κ1) is 18.1. The fraction of sp³-hybridized carbons (Fsp3) is 0.250. The number of rotatable bonds is 3. The van der Waals surface area contributed by atoms with Gasteiger partial charge in [-0.3, -0.25) is 9.78 Å². The molecule has 1 aliphatic heterocycles. The molecule has 144 valence electrons. The Balaban J connectivity index is 1.46. The van der Waals surface area contributed by atoms with E-state index in [1.54, 1.807) is 17.0 Å². The maximum Gasteiger partial charge on any atom is 0.348 e. The molecule has 1 saturated heterocycles. The number of carbonyl (C=O) groups excluding carboxylic acids is 1. The van der Waals surface area contributed by atoms with E-state index < -0.39 is 11.5 Å². The fourth-order valence-electron chi connectivity index (χ4n) is 3.44. The first-order valence-electron chi connectivity index (χ1n) is 9.02. The number of likely N-dealkylation sites (tertiary alicyclic amines) is 1. The molecule has 0 unspecified atom stereocenters. The molecule has 0 radical (unpaired) electrons. The molecule has 4 rings (SSSR count). The highest BCUT2D eigenvalue weighted by Crippen LogP contribution is 2.26. The van der Waals surface area contributed by atoms with E-state index in [2.05, 4.69) is 10.1 Å². The summed E-state index contributed by atoms with van der Waals surface area (Å²) >= 11 is 0. The van der Waals surface area contributed by atoms with Crippen molar-refractivity contribution in [3.8, 4) is 5.69 Å². The first-order valence-corrected chi connectivity index (χ1v) is 9.02. The number of carbonyl (C=O) groups is 1. The lowest BCUT2D eigenvalue weighted by molar-refractivity contribution is 0.0706. The zero-order chi connectivity index (χ0) is 19.7. The van der Waals surface area contributed by atoms with Crippen LogP contribution >= 0.6 is 0 Å². The Kier molecular flexibility index (Phi) is 4.77. The van der Waals surface area contributed by atoms with E-state index in [9.17, 15) is 18.4 Å². The predicted molar refractivity (Wildman–Crippen MR) is 98.4 cm³/mol. The Bertz CT molecular complexity index is 1050. The van der Waals surface area contributed by atoms with Gasteiger partial charge in [-0.15, -0.1) is 5.10 Å². The minimum Gasteiger partial charge on any atom is -0.339 e. The summed E-state index contributed by atoms with van der Waals surface area (Å²) in [7, 11) is 0. The number of piperidine rings is 1. The topological polar surface area (TPSA) is 71.0 Å². The predicted octanol–water partition coefficient (Wildman–Crippen LogP) is 2.86. The summed E-state index contributed by atoms with van der Waals surface area (Å²) < 4.78 is 28.1. The Morgan fingerprint density at radius 1 is 1.04 bits per heavy atom. The molecule has 28 heavy (non-hydrogen) atoms. The number of benzene rings is 2. The molecule has 3 aromatic rings. The third-order valence-electron chi connectivity index (χ3n) is 4.98. The number of amides is 1. The van der Waals surface area contributed by atoms with E-state index in [1.807, 2.05) is 0 Å². The summed E-state index contributed by atoms with van der Waals surface area (Å²) in [6.07, 6.45) is 1.22. The highest BCUT2D eigenvalue weighted by Gasteiger charge is 2.28. The van der Waals surface area contributed by atoms with E-state index in [0.29, 0.717) is 37.4 Å². The lowest BCUT2D eigenvalue weighted by Gasteiger charge is -2.31. The molecule has 8 heteroatoms. The highest BCUT2D eigenvalue weighted by molar-refractivity contribution is 5.94. The van der Waals surface area contributed by atoms with Crippen molar-refractivity contribution in [2.24, 2.45) is 0 Å². The van der Waals surface area contributed by atoms with E-state index in [1.165, 1.54) is 41.1 Å². The van der Waals surface area contributed by atoms with Crippen LogP contribution in [0.3, 0.4) is 0 Å².